The number of anilines is 4. The van der Waals surface area contributed by atoms with Gasteiger partial charge in [-0.25, -0.2) is 4.98 Å². The van der Waals surface area contributed by atoms with Crippen molar-refractivity contribution < 1.29 is 9.90 Å². The van der Waals surface area contributed by atoms with Gasteiger partial charge in [0.1, 0.15) is 11.4 Å². The minimum absolute atomic E-state index is 0.0107. The molecule has 2 heterocycles. The summed E-state index contributed by atoms with van der Waals surface area (Å²) in [6.45, 7) is 7.22. The number of carbonyl (C=O) groups excluding carboxylic acids is 1. The number of aromatic nitrogens is 2. The molecule has 37 heavy (non-hydrogen) atoms. The first-order chi connectivity index (χ1) is 17.5. The molecule has 1 aromatic carbocycles. The Bertz CT molecular complexity index is 1270. The standard InChI is InChI=1S/C29H38N6O2/c1-18(2)32-28(36)24-17-31-27(16-25(24)33-22-11-12-30-26(15-22)29(3,4)37)34-21-9-7-20-14-23(35(5)6)10-8-19(20)13-21/h7,9,11-13,15-18,23,37H,8,10,14H2,1-6H3,(H,32,36)(H2,30,31,33,34). The quantitative estimate of drug-likeness (QED) is 0.353. The topological polar surface area (TPSA) is 102 Å². The smallest absolute Gasteiger partial charge is 0.255 e. The average molecular weight is 503 g/mol. The lowest BCUT2D eigenvalue weighted by Gasteiger charge is -2.30. The Hall–Kier alpha value is -3.49. The molecule has 0 aliphatic heterocycles. The maximum atomic E-state index is 12.9. The van der Waals surface area contributed by atoms with Gasteiger partial charge in [0.25, 0.3) is 5.91 Å². The van der Waals surface area contributed by atoms with Crippen LogP contribution in [0.4, 0.5) is 22.9 Å². The van der Waals surface area contributed by atoms with Gasteiger partial charge in [0.05, 0.1) is 16.9 Å². The van der Waals surface area contributed by atoms with Crippen LogP contribution in [0.25, 0.3) is 0 Å². The summed E-state index contributed by atoms with van der Waals surface area (Å²) in [6, 6.07) is 12.5. The summed E-state index contributed by atoms with van der Waals surface area (Å²) >= 11 is 0. The van der Waals surface area contributed by atoms with Crippen molar-refractivity contribution in [2.75, 3.05) is 24.7 Å². The summed E-state index contributed by atoms with van der Waals surface area (Å²) in [6.07, 6.45) is 6.48. The van der Waals surface area contributed by atoms with Gasteiger partial charge >= 0.3 is 0 Å². The SMILES string of the molecule is CC(C)NC(=O)c1cnc(Nc2ccc3c(c2)CCC(N(C)C)C3)cc1Nc1ccnc(C(C)(C)O)c1. The number of aryl methyl sites for hydroxylation is 1. The van der Waals surface area contributed by atoms with Crippen LogP contribution in [0.15, 0.2) is 48.8 Å². The number of benzene rings is 1. The fourth-order valence-corrected chi connectivity index (χ4v) is 4.55. The van der Waals surface area contributed by atoms with Crippen LogP contribution in [0, 0.1) is 0 Å². The molecule has 2 aromatic heterocycles. The molecular weight excluding hydrogens is 464 g/mol. The van der Waals surface area contributed by atoms with E-state index in [9.17, 15) is 9.90 Å². The number of likely N-dealkylation sites (N-methyl/N-ethyl adjacent to an activating group) is 1. The average Bonchev–Trinajstić information content (AvgIpc) is 2.83. The van der Waals surface area contributed by atoms with Crippen molar-refractivity contribution in [3.63, 3.8) is 0 Å². The normalized spacial score (nSPS) is 15.4. The number of hydrogen-bond acceptors (Lipinski definition) is 7. The van der Waals surface area contributed by atoms with Crippen molar-refractivity contribution in [2.24, 2.45) is 0 Å². The van der Waals surface area contributed by atoms with Crippen molar-refractivity contribution in [3.05, 3.63) is 71.2 Å². The van der Waals surface area contributed by atoms with Gasteiger partial charge in [-0.05, 0) is 96.4 Å². The number of hydrogen-bond donors (Lipinski definition) is 4. The minimum Gasteiger partial charge on any atom is -0.384 e. The monoisotopic (exact) mass is 502 g/mol. The minimum atomic E-state index is -1.08. The number of amides is 1. The van der Waals surface area contributed by atoms with Crippen molar-refractivity contribution >= 4 is 28.8 Å². The number of nitrogens with zero attached hydrogens (tertiary/aromatic N) is 3. The lowest BCUT2D eigenvalue weighted by Crippen LogP contribution is -2.33. The van der Waals surface area contributed by atoms with Crippen molar-refractivity contribution in [3.8, 4) is 0 Å². The van der Waals surface area contributed by atoms with Gasteiger partial charge in [-0.3, -0.25) is 9.78 Å². The number of aliphatic hydroxyl groups is 1. The van der Waals surface area contributed by atoms with E-state index >= 15 is 0 Å². The second-order valence-corrected chi connectivity index (χ2v) is 10.8. The van der Waals surface area contributed by atoms with Crippen LogP contribution in [0.5, 0.6) is 0 Å². The molecule has 0 fully saturated rings. The first-order valence-electron chi connectivity index (χ1n) is 12.8. The van der Waals surface area contributed by atoms with E-state index in [1.807, 2.05) is 19.9 Å². The highest BCUT2D eigenvalue weighted by Gasteiger charge is 2.21. The summed E-state index contributed by atoms with van der Waals surface area (Å²) in [5.41, 5.74) is 4.93. The van der Waals surface area contributed by atoms with Gasteiger partial charge in [-0.15, -0.1) is 0 Å². The third-order valence-corrected chi connectivity index (χ3v) is 6.65. The molecule has 8 nitrogen and oxygen atoms in total. The van der Waals surface area contributed by atoms with Crippen LogP contribution >= 0.6 is 0 Å². The molecule has 4 rings (SSSR count). The highest BCUT2D eigenvalue weighted by atomic mass is 16.3. The van der Waals surface area contributed by atoms with E-state index < -0.39 is 5.60 Å². The van der Waals surface area contributed by atoms with E-state index in [-0.39, 0.29) is 11.9 Å². The van der Waals surface area contributed by atoms with E-state index in [1.165, 1.54) is 11.1 Å². The van der Waals surface area contributed by atoms with E-state index in [0.29, 0.717) is 34.5 Å². The number of nitrogens with one attached hydrogen (secondary N) is 3. The van der Waals surface area contributed by atoms with Gasteiger partial charge in [-0.2, -0.15) is 0 Å². The van der Waals surface area contributed by atoms with Crippen molar-refractivity contribution in [2.45, 2.75) is 64.6 Å². The van der Waals surface area contributed by atoms with Gasteiger partial charge in [-0.1, -0.05) is 6.07 Å². The summed E-state index contributed by atoms with van der Waals surface area (Å²) in [5, 5.41) is 20.1. The summed E-state index contributed by atoms with van der Waals surface area (Å²) in [5.74, 6) is 0.417. The fraction of sp³-hybridized carbons (Fsp3) is 0.414. The summed E-state index contributed by atoms with van der Waals surface area (Å²) in [7, 11) is 4.29. The highest BCUT2D eigenvalue weighted by Crippen LogP contribution is 2.30. The lowest BCUT2D eigenvalue weighted by molar-refractivity contribution is 0.0739. The molecule has 1 atom stereocenters. The highest BCUT2D eigenvalue weighted by molar-refractivity contribution is 6.00. The Balaban J connectivity index is 1.61. The Morgan fingerprint density at radius 2 is 1.81 bits per heavy atom. The summed E-state index contributed by atoms with van der Waals surface area (Å²) < 4.78 is 0. The maximum Gasteiger partial charge on any atom is 0.255 e. The molecule has 0 saturated heterocycles. The van der Waals surface area contributed by atoms with Crippen LogP contribution in [0.2, 0.25) is 0 Å². The molecule has 0 bridgehead atoms. The zero-order valence-corrected chi connectivity index (χ0v) is 22.6. The number of rotatable bonds is 8. The molecule has 196 valence electrons. The van der Waals surface area contributed by atoms with Gasteiger partial charge in [0, 0.05) is 41.9 Å². The maximum absolute atomic E-state index is 12.9. The van der Waals surface area contributed by atoms with E-state index in [1.54, 1.807) is 38.4 Å². The zero-order chi connectivity index (χ0) is 26.7. The van der Waals surface area contributed by atoms with Gasteiger partial charge in [0.15, 0.2) is 0 Å². The third kappa shape index (κ3) is 6.64. The van der Waals surface area contributed by atoms with E-state index in [4.69, 9.17) is 0 Å². The third-order valence-electron chi connectivity index (χ3n) is 6.65. The van der Waals surface area contributed by atoms with Crippen LogP contribution in [-0.4, -0.2) is 52.1 Å². The molecule has 1 amide bonds. The van der Waals surface area contributed by atoms with Crippen LogP contribution in [0.1, 0.15) is 61.3 Å². The largest absolute Gasteiger partial charge is 0.384 e. The Kier molecular flexibility index (Phi) is 7.80. The summed E-state index contributed by atoms with van der Waals surface area (Å²) in [4.78, 5) is 24.0. The molecule has 1 aliphatic carbocycles. The first kappa shape index (κ1) is 26.6. The molecule has 3 aromatic rings. The molecule has 0 saturated carbocycles. The number of pyridine rings is 2. The second kappa shape index (κ2) is 10.9. The number of fused-ring (bicyclic) bond motifs is 1. The molecule has 8 heteroatoms. The lowest BCUT2D eigenvalue weighted by atomic mass is 9.87. The van der Waals surface area contributed by atoms with Crippen LogP contribution < -0.4 is 16.0 Å². The zero-order valence-electron chi connectivity index (χ0n) is 22.6. The second-order valence-electron chi connectivity index (χ2n) is 10.8. The van der Waals surface area contributed by atoms with Crippen molar-refractivity contribution in [1.82, 2.24) is 20.2 Å². The Morgan fingerprint density at radius 3 is 2.51 bits per heavy atom. The van der Waals surface area contributed by atoms with Crippen molar-refractivity contribution in [1.29, 1.82) is 0 Å². The predicted octanol–water partition coefficient (Wildman–Crippen LogP) is 4.75. The first-order valence-corrected chi connectivity index (χ1v) is 12.8. The Labute approximate surface area is 219 Å². The predicted molar refractivity (Wildman–Crippen MR) is 149 cm³/mol. The van der Waals surface area contributed by atoms with E-state index in [2.05, 4.69) is 63.1 Å². The fourth-order valence-electron chi connectivity index (χ4n) is 4.55. The molecule has 1 aliphatic rings. The molecule has 4 N–H and O–H groups in total. The van der Waals surface area contributed by atoms with Gasteiger partial charge in [0.2, 0.25) is 0 Å². The van der Waals surface area contributed by atoms with Gasteiger partial charge < -0.3 is 26.0 Å². The molecule has 0 radical (unpaired) electrons. The molecular formula is C29H38N6O2. The van der Waals surface area contributed by atoms with E-state index in [0.717, 1.165) is 24.9 Å². The number of carbonyl (C=O) groups is 1. The van der Waals surface area contributed by atoms with Crippen LogP contribution in [0.3, 0.4) is 0 Å². The molecule has 1 unspecified atom stereocenters. The van der Waals surface area contributed by atoms with Crippen LogP contribution in [-0.2, 0) is 18.4 Å². The molecule has 0 spiro atoms. The Morgan fingerprint density at radius 1 is 1.05 bits per heavy atom.